The average Bonchev–Trinajstić information content (AvgIpc) is 3.26. The summed E-state index contributed by atoms with van der Waals surface area (Å²) in [5.74, 6) is 0.788. The summed E-state index contributed by atoms with van der Waals surface area (Å²) < 4.78 is 1.23. The lowest BCUT2D eigenvalue weighted by Gasteiger charge is -2.36. The molecule has 0 N–H and O–H groups in total. The number of aryl methyl sites for hydroxylation is 1. The van der Waals surface area contributed by atoms with E-state index in [1.165, 1.54) is 23.6 Å². The number of nitrogens with zero attached hydrogens (tertiary/aromatic N) is 3. The van der Waals surface area contributed by atoms with Gasteiger partial charge in [0.1, 0.15) is 5.69 Å². The Hall–Kier alpha value is -1.91. The van der Waals surface area contributed by atoms with E-state index in [-0.39, 0.29) is 11.5 Å². The summed E-state index contributed by atoms with van der Waals surface area (Å²) in [5, 5.41) is 4.12. The fraction of sp³-hybridized carbons (Fsp3) is 0.588. The van der Waals surface area contributed by atoms with Gasteiger partial charge in [-0.1, -0.05) is 11.6 Å². The standard InChI is InChI=1S/C17H21N3O2/c1-19-16(21)7-6-15(18-19)17(22)20-13-4-5-14(20)10-12(9-13)8-11-2-3-11/h6-8,11,13-14H,2-5,9-10H2,1H3. The molecular formula is C17H21N3O2. The number of piperidine rings is 1. The van der Waals surface area contributed by atoms with Crippen molar-refractivity contribution in [1.29, 1.82) is 0 Å². The van der Waals surface area contributed by atoms with Crippen molar-refractivity contribution in [3.05, 3.63) is 39.8 Å². The van der Waals surface area contributed by atoms with E-state index in [4.69, 9.17) is 0 Å². The molecule has 0 aromatic carbocycles. The summed E-state index contributed by atoms with van der Waals surface area (Å²) in [5.41, 5.74) is 1.74. The molecular weight excluding hydrogens is 278 g/mol. The van der Waals surface area contributed by atoms with Crippen molar-refractivity contribution in [3.8, 4) is 0 Å². The summed E-state index contributed by atoms with van der Waals surface area (Å²) in [6, 6.07) is 3.61. The van der Waals surface area contributed by atoms with Crippen LogP contribution >= 0.6 is 0 Å². The van der Waals surface area contributed by atoms with Crippen LogP contribution in [0, 0.1) is 5.92 Å². The summed E-state index contributed by atoms with van der Waals surface area (Å²) in [6.45, 7) is 0. The van der Waals surface area contributed by atoms with E-state index < -0.39 is 0 Å². The maximum atomic E-state index is 12.8. The molecule has 2 aliphatic heterocycles. The van der Waals surface area contributed by atoms with Crippen LogP contribution in [0.5, 0.6) is 0 Å². The molecule has 4 rings (SSSR count). The summed E-state index contributed by atoms with van der Waals surface area (Å²) in [6.07, 6.45) is 9.34. The second-order valence-corrected chi connectivity index (χ2v) is 6.85. The lowest BCUT2D eigenvalue weighted by Crippen LogP contribution is -2.45. The highest BCUT2D eigenvalue weighted by atomic mass is 16.2. The van der Waals surface area contributed by atoms with E-state index in [1.54, 1.807) is 18.7 Å². The van der Waals surface area contributed by atoms with E-state index in [1.807, 2.05) is 4.90 Å². The SMILES string of the molecule is Cn1nc(C(=O)N2C3CCC2CC(=CC2CC2)C3)ccc1=O. The molecule has 1 amide bonds. The third kappa shape index (κ3) is 2.38. The van der Waals surface area contributed by atoms with Crippen LogP contribution in [0.2, 0.25) is 0 Å². The number of aromatic nitrogens is 2. The second-order valence-electron chi connectivity index (χ2n) is 6.85. The Morgan fingerprint density at radius 2 is 1.86 bits per heavy atom. The number of rotatable bonds is 2. The van der Waals surface area contributed by atoms with Gasteiger partial charge in [-0.05, 0) is 50.5 Å². The van der Waals surface area contributed by atoms with Crippen molar-refractivity contribution in [2.75, 3.05) is 0 Å². The quantitative estimate of drug-likeness (QED) is 0.784. The summed E-state index contributed by atoms with van der Waals surface area (Å²) in [7, 11) is 1.58. The van der Waals surface area contributed by atoms with Gasteiger partial charge in [0.15, 0.2) is 0 Å². The van der Waals surface area contributed by atoms with Crippen molar-refractivity contribution in [3.63, 3.8) is 0 Å². The lowest BCUT2D eigenvalue weighted by molar-refractivity contribution is 0.0625. The van der Waals surface area contributed by atoms with Crippen LogP contribution in [0.15, 0.2) is 28.6 Å². The molecule has 2 bridgehead atoms. The highest BCUT2D eigenvalue weighted by molar-refractivity contribution is 5.93. The third-order valence-electron chi connectivity index (χ3n) is 5.12. The van der Waals surface area contributed by atoms with Gasteiger partial charge in [0.2, 0.25) is 0 Å². The second kappa shape index (κ2) is 5.07. The molecule has 3 heterocycles. The molecule has 5 heteroatoms. The fourth-order valence-corrected chi connectivity index (χ4v) is 3.86. The Morgan fingerprint density at radius 3 is 2.45 bits per heavy atom. The molecule has 3 fully saturated rings. The van der Waals surface area contributed by atoms with Gasteiger partial charge >= 0.3 is 0 Å². The Balaban J connectivity index is 1.56. The molecule has 1 aromatic heterocycles. The molecule has 0 radical (unpaired) electrons. The molecule has 22 heavy (non-hydrogen) atoms. The smallest absolute Gasteiger partial charge is 0.274 e. The van der Waals surface area contributed by atoms with Crippen molar-refractivity contribution in [2.24, 2.45) is 13.0 Å². The van der Waals surface area contributed by atoms with Gasteiger partial charge in [-0.2, -0.15) is 5.10 Å². The van der Waals surface area contributed by atoms with Crippen LogP contribution in [-0.2, 0) is 7.05 Å². The highest BCUT2D eigenvalue weighted by Gasteiger charge is 2.42. The van der Waals surface area contributed by atoms with Crippen LogP contribution in [0.3, 0.4) is 0 Å². The topological polar surface area (TPSA) is 55.2 Å². The first-order valence-corrected chi connectivity index (χ1v) is 8.18. The number of hydrogen-bond acceptors (Lipinski definition) is 3. The first-order chi connectivity index (χ1) is 10.6. The van der Waals surface area contributed by atoms with E-state index in [0.29, 0.717) is 17.8 Å². The molecule has 1 aliphatic carbocycles. The van der Waals surface area contributed by atoms with Crippen LogP contribution in [0.1, 0.15) is 49.0 Å². The summed E-state index contributed by atoms with van der Waals surface area (Å²) in [4.78, 5) is 26.2. The van der Waals surface area contributed by atoms with E-state index >= 15 is 0 Å². The van der Waals surface area contributed by atoms with Gasteiger partial charge < -0.3 is 4.90 Å². The molecule has 2 unspecified atom stereocenters. The van der Waals surface area contributed by atoms with Crippen molar-refractivity contribution >= 4 is 5.91 Å². The van der Waals surface area contributed by atoms with Crippen molar-refractivity contribution < 1.29 is 4.79 Å². The molecule has 116 valence electrons. The molecule has 0 spiro atoms. The molecule has 3 aliphatic rings. The van der Waals surface area contributed by atoms with Gasteiger partial charge in [-0.15, -0.1) is 0 Å². The Morgan fingerprint density at radius 1 is 1.18 bits per heavy atom. The van der Waals surface area contributed by atoms with Gasteiger partial charge in [0.05, 0.1) is 0 Å². The number of fused-ring (bicyclic) bond motifs is 2. The van der Waals surface area contributed by atoms with Crippen LogP contribution in [-0.4, -0.2) is 32.7 Å². The minimum Gasteiger partial charge on any atom is -0.331 e. The van der Waals surface area contributed by atoms with Crippen molar-refractivity contribution in [1.82, 2.24) is 14.7 Å². The number of carbonyl (C=O) groups is 1. The predicted molar refractivity (Wildman–Crippen MR) is 82.5 cm³/mol. The molecule has 5 nitrogen and oxygen atoms in total. The number of hydrogen-bond donors (Lipinski definition) is 0. The highest BCUT2D eigenvalue weighted by Crippen LogP contribution is 2.41. The zero-order valence-electron chi connectivity index (χ0n) is 12.9. The zero-order chi connectivity index (χ0) is 15.3. The number of carbonyl (C=O) groups excluding carboxylic acids is 1. The van der Waals surface area contributed by atoms with Crippen molar-refractivity contribution in [2.45, 2.75) is 50.6 Å². The Labute approximate surface area is 129 Å². The monoisotopic (exact) mass is 299 g/mol. The minimum atomic E-state index is -0.187. The van der Waals surface area contributed by atoms with Gasteiger partial charge in [0, 0.05) is 25.2 Å². The predicted octanol–water partition coefficient (Wildman–Crippen LogP) is 1.88. The van der Waals surface area contributed by atoms with Crippen LogP contribution < -0.4 is 5.56 Å². The normalized spacial score (nSPS) is 27.1. The lowest BCUT2D eigenvalue weighted by atomic mass is 9.95. The van der Waals surface area contributed by atoms with Gasteiger partial charge in [-0.3, -0.25) is 9.59 Å². The Bertz CT molecular complexity index is 686. The first kappa shape index (κ1) is 13.7. The fourth-order valence-electron chi connectivity index (χ4n) is 3.86. The maximum absolute atomic E-state index is 12.8. The van der Waals surface area contributed by atoms with Crippen LogP contribution in [0.4, 0.5) is 0 Å². The zero-order valence-corrected chi connectivity index (χ0v) is 12.9. The third-order valence-corrected chi connectivity index (χ3v) is 5.12. The van der Waals surface area contributed by atoms with Gasteiger partial charge in [0.25, 0.3) is 11.5 Å². The molecule has 1 saturated carbocycles. The molecule has 1 aromatic rings. The number of allylic oxidation sites excluding steroid dienone is 1. The summed E-state index contributed by atoms with van der Waals surface area (Å²) >= 11 is 0. The largest absolute Gasteiger partial charge is 0.331 e. The van der Waals surface area contributed by atoms with E-state index in [2.05, 4.69) is 11.2 Å². The first-order valence-electron chi connectivity index (χ1n) is 8.18. The minimum absolute atomic E-state index is 0.0198. The molecule has 2 atom stereocenters. The molecule has 2 saturated heterocycles. The van der Waals surface area contributed by atoms with Gasteiger partial charge in [-0.25, -0.2) is 4.68 Å². The number of amides is 1. The van der Waals surface area contributed by atoms with E-state index in [0.717, 1.165) is 31.6 Å². The van der Waals surface area contributed by atoms with Crippen LogP contribution in [0.25, 0.3) is 0 Å². The van der Waals surface area contributed by atoms with E-state index in [9.17, 15) is 9.59 Å². The Kier molecular flexibility index (Phi) is 3.17. The maximum Gasteiger partial charge on any atom is 0.274 e. The average molecular weight is 299 g/mol.